The van der Waals surface area contributed by atoms with Crippen molar-refractivity contribution in [2.45, 2.75) is 13.5 Å². The zero-order valence-electron chi connectivity index (χ0n) is 14.6. The highest BCUT2D eigenvalue weighted by atomic mass is 79.9. The van der Waals surface area contributed by atoms with Crippen LogP contribution in [0.3, 0.4) is 0 Å². The number of carbonyl (C=O) groups excluding carboxylic acids is 1. The van der Waals surface area contributed by atoms with Crippen molar-refractivity contribution < 1.29 is 14.3 Å². The van der Waals surface area contributed by atoms with Gasteiger partial charge in [-0.15, -0.1) is 0 Å². The fraction of sp³-hybridized carbons (Fsp3) is 0.200. The Morgan fingerprint density at radius 2 is 1.96 bits per heavy atom. The maximum absolute atomic E-state index is 13.0. The Kier molecular flexibility index (Phi) is 4.61. The van der Waals surface area contributed by atoms with Crippen molar-refractivity contribution in [3.8, 4) is 11.5 Å². The molecule has 0 bridgehead atoms. The molecule has 138 valence electrons. The summed E-state index contributed by atoms with van der Waals surface area (Å²) in [6.07, 6.45) is 0. The zero-order chi connectivity index (χ0) is 19.0. The van der Waals surface area contributed by atoms with E-state index in [1.54, 1.807) is 17.0 Å². The molecule has 1 aliphatic rings. The summed E-state index contributed by atoms with van der Waals surface area (Å²) < 4.78 is 11.5. The number of pyridine rings is 1. The average molecular weight is 429 g/mol. The van der Waals surface area contributed by atoms with E-state index in [9.17, 15) is 9.59 Å². The van der Waals surface area contributed by atoms with Crippen molar-refractivity contribution in [2.75, 3.05) is 13.3 Å². The molecular formula is C20H17BrN2O4. The molecule has 0 saturated heterocycles. The number of H-pyrrole nitrogens is 1. The summed E-state index contributed by atoms with van der Waals surface area (Å²) in [4.78, 5) is 30.1. The van der Waals surface area contributed by atoms with Crippen molar-refractivity contribution in [3.63, 3.8) is 0 Å². The van der Waals surface area contributed by atoms with E-state index >= 15 is 0 Å². The lowest BCUT2D eigenvalue weighted by Gasteiger charge is -2.21. The molecule has 0 atom stereocenters. The first kappa shape index (κ1) is 17.6. The number of amides is 1. The van der Waals surface area contributed by atoms with E-state index in [1.165, 1.54) is 6.07 Å². The Morgan fingerprint density at radius 3 is 2.78 bits per heavy atom. The lowest BCUT2D eigenvalue weighted by Crippen LogP contribution is -2.31. The topological polar surface area (TPSA) is 71.6 Å². The number of halogens is 1. The van der Waals surface area contributed by atoms with E-state index in [1.807, 2.05) is 31.2 Å². The van der Waals surface area contributed by atoms with Crippen LogP contribution in [0.15, 0.2) is 51.7 Å². The highest BCUT2D eigenvalue weighted by Gasteiger charge is 2.19. The minimum absolute atomic E-state index is 0.187. The number of fused-ring (bicyclic) bond motifs is 2. The van der Waals surface area contributed by atoms with Gasteiger partial charge in [-0.25, -0.2) is 0 Å². The molecule has 6 nitrogen and oxygen atoms in total. The predicted molar refractivity (Wildman–Crippen MR) is 105 cm³/mol. The number of aromatic amines is 1. The van der Waals surface area contributed by atoms with Crippen LogP contribution in [0.25, 0.3) is 10.9 Å². The van der Waals surface area contributed by atoms with Crippen LogP contribution in [0.2, 0.25) is 0 Å². The first-order valence-electron chi connectivity index (χ1n) is 8.55. The van der Waals surface area contributed by atoms with Gasteiger partial charge in [0.25, 0.3) is 5.91 Å². The average Bonchev–Trinajstić information content (AvgIpc) is 3.13. The Bertz CT molecular complexity index is 1090. The Morgan fingerprint density at radius 1 is 1.15 bits per heavy atom. The van der Waals surface area contributed by atoms with Gasteiger partial charge in [0.05, 0.1) is 0 Å². The molecule has 0 unspecified atom stereocenters. The van der Waals surface area contributed by atoms with E-state index in [0.29, 0.717) is 35.5 Å². The summed E-state index contributed by atoms with van der Waals surface area (Å²) in [7, 11) is 0. The first-order valence-corrected chi connectivity index (χ1v) is 9.35. The molecule has 4 rings (SSSR count). The Balaban J connectivity index is 1.63. The van der Waals surface area contributed by atoms with Gasteiger partial charge in [-0.05, 0) is 42.8 Å². The molecule has 1 N–H and O–H groups in total. The minimum atomic E-state index is -0.225. The molecule has 0 saturated carbocycles. The second-order valence-electron chi connectivity index (χ2n) is 6.24. The standard InChI is InChI=1S/C20H17BrN2O4/c1-2-23(10-12-3-6-18-19(7-12)27-11-26-18)20(25)16-9-17(24)14-8-13(21)4-5-15(14)22-16/h3-9H,2,10-11H2,1H3,(H,22,24). The number of rotatable bonds is 4. The molecule has 2 heterocycles. The molecule has 27 heavy (non-hydrogen) atoms. The summed E-state index contributed by atoms with van der Waals surface area (Å²) in [5.74, 6) is 1.16. The van der Waals surface area contributed by atoms with Crippen LogP contribution in [0.4, 0.5) is 0 Å². The third-order valence-corrected chi connectivity index (χ3v) is 4.99. The van der Waals surface area contributed by atoms with Crippen LogP contribution < -0.4 is 14.9 Å². The SMILES string of the molecule is CCN(Cc1ccc2c(c1)OCO2)C(=O)c1cc(=O)c2cc(Br)ccc2[nH]1. The zero-order valence-corrected chi connectivity index (χ0v) is 16.2. The molecule has 1 amide bonds. The number of ether oxygens (including phenoxy) is 2. The van der Waals surface area contributed by atoms with E-state index in [4.69, 9.17) is 9.47 Å². The molecule has 0 fully saturated rings. The summed E-state index contributed by atoms with van der Waals surface area (Å²) in [5, 5.41) is 0.541. The minimum Gasteiger partial charge on any atom is -0.454 e. The third kappa shape index (κ3) is 3.42. The smallest absolute Gasteiger partial charge is 0.270 e. The second-order valence-corrected chi connectivity index (χ2v) is 7.16. The molecule has 2 aromatic carbocycles. The number of carbonyl (C=O) groups is 1. The first-order chi connectivity index (χ1) is 13.0. The molecule has 3 aromatic rings. The van der Waals surface area contributed by atoms with Crippen molar-refractivity contribution >= 4 is 32.7 Å². The van der Waals surface area contributed by atoms with Gasteiger partial charge in [-0.3, -0.25) is 9.59 Å². The van der Waals surface area contributed by atoms with Gasteiger partial charge in [0.2, 0.25) is 6.79 Å². The quantitative estimate of drug-likeness (QED) is 0.687. The van der Waals surface area contributed by atoms with Gasteiger partial charge in [-0.1, -0.05) is 22.0 Å². The van der Waals surface area contributed by atoms with Crippen LogP contribution in [-0.4, -0.2) is 29.1 Å². The number of hydrogen-bond donors (Lipinski definition) is 1. The largest absolute Gasteiger partial charge is 0.454 e. The molecule has 0 aliphatic carbocycles. The maximum Gasteiger partial charge on any atom is 0.270 e. The third-order valence-electron chi connectivity index (χ3n) is 4.50. The van der Waals surface area contributed by atoms with Crippen LogP contribution >= 0.6 is 15.9 Å². The van der Waals surface area contributed by atoms with Crippen LogP contribution in [0.1, 0.15) is 23.0 Å². The number of nitrogens with zero attached hydrogens (tertiary/aromatic N) is 1. The lowest BCUT2D eigenvalue weighted by molar-refractivity contribution is 0.0747. The summed E-state index contributed by atoms with van der Waals surface area (Å²) in [6, 6.07) is 12.3. The van der Waals surface area contributed by atoms with Gasteiger partial charge in [0.15, 0.2) is 16.9 Å². The number of aromatic nitrogens is 1. The summed E-state index contributed by atoms with van der Waals surface area (Å²) >= 11 is 3.36. The van der Waals surface area contributed by atoms with Gasteiger partial charge >= 0.3 is 0 Å². The normalized spacial score (nSPS) is 12.4. The van der Waals surface area contributed by atoms with Gasteiger partial charge < -0.3 is 19.4 Å². The fourth-order valence-corrected chi connectivity index (χ4v) is 3.45. The van der Waals surface area contributed by atoms with Crippen molar-refractivity contribution in [2.24, 2.45) is 0 Å². The van der Waals surface area contributed by atoms with E-state index < -0.39 is 0 Å². The molecule has 0 radical (unpaired) electrons. The van der Waals surface area contributed by atoms with E-state index in [0.717, 1.165) is 10.0 Å². The second kappa shape index (κ2) is 7.08. The Hall–Kier alpha value is -2.80. The van der Waals surface area contributed by atoms with Crippen molar-refractivity contribution in [3.05, 3.63) is 68.4 Å². The number of hydrogen-bond acceptors (Lipinski definition) is 4. The highest BCUT2D eigenvalue weighted by molar-refractivity contribution is 9.10. The van der Waals surface area contributed by atoms with Gasteiger partial charge in [0, 0.05) is 34.5 Å². The van der Waals surface area contributed by atoms with Crippen LogP contribution in [0, 0.1) is 0 Å². The molecule has 0 spiro atoms. The van der Waals surface area contributed by atoms with Crippen molar-refractivity contribution in [1.82, 2.24) is 9.88 Å². The summed E-state index contributed by atoms with van der Waals surface area (Å²) in [6.45, 7) is 3.03. The maximum atomic E-state index is 13.0. The number of benzene rings is 2. The van der Waals surface area contributed by atoms with Gasteiger partial charge in [0.1, 0.15) is 5.69 Å². The van der Waals surface area contributed by atoms with E-state index in [2.05, 4.69) is 20.9 Å². The fourth-order valence-electron chi connectivity index (χ4n) is 3.09. The molecule has 1 aromatic heterocycles. The lowest BCUT2D eigenvalue weighted by atomic mass is 10.1. The van der Waals surface area contributed by atoms with Crippen LogP contribution in [-0.2, 0) is 6.54 Å². The summed E-state index contributed by atoms with van der Waals surface area (Å²) in [5.41, 5.74) is 1.65. The predicted octanol–water partition coefficient (Wildman–Crippen LogP) is 3.68. The molecular weight excluding hydrogens is 412 g/mol. The number of nitrogens with one attached hydrogen (secondary N) is 1. The van der Waals surface area contributed by atoms with Crippen LogP contribution in [0.5, 0.6) is 11.5 Å². The highest BCUT2D eigenvalue weighted by Crippen LogP contribution is 2.32. The Labute approximate surface area is 163 Å². The van der Waals surface area contributed by atoms with Gasteiger partial charge in [-0.2, -0.15) is 0 Å². The monoisotopic (exact) mass is 428 g/mol. The molecule has 7 heteroatoms. The van der Waals surface area contributed by atoms with E-state index in [-0.39, 0.29) is 23.8 Å². The molecule has 1 aliphatic heterocycles. The van der Waals surface area contributed by atoms with Crippen molar-refractivity contribution in [1.29, 1.82) is 0 Å².